The Bertz CT molecular complexity index is 707. The Balaban J connectivity index is 2.20. The summed E-state index contributed by atoms with van der Waals surface area (Å²) in [6, 6.07) is 4.17. The van der Waals surface area contributed by atoms with E-state index in [2.05, 4.69) is 11.6 Å². The predicted molar refractivity (Wildman–Crippen MR) is 76.5 cm³/mol. The second-order valence-electron chi connectivity index (χ2n) is 5.49. The number of rotatable bonds is 4. The molecule has 1 fully saturated rings. The van der Waals surface area contributed by atoms with Gasteiger partial charge in [0.2, 0.25) is 10.0 Å². The first-order chi connectivity index (χ1) is 9.68. The molecular weight excluding hydrogens is 317 g/mol. The van der Waals surface area contributed by atoms with Crippen LogP contribution >= 0.6 is 0 Å². The number of hydrogen-bond acceptors (Lipinski definition) is 4. The molecule has 0 heterocycles. The lowest BCUT2D eigenvalue weighted by atomic mass is 9.88. The van der Waals surface area contributed by atoms with Crippen LogP contribution in [0.15, 0.2) is 34.1 Å². The zero-order chi connectivity index (χ0) is 15.7. The quantitative estimate of drug-likeness (QED) is 0.856. The number of benzene rings is 1. The SMILES string of the molecule is CC1CCC(NS(=O)(=O)c2cccc(S(=O)(=O)F)c2)CC1. The molecule has 0 unspecified atom stereocenters. The van der Waals surface area contributed by atoms with Crippen molar-refractivity contribution in [3.63, 3.8) is 0 Å². The van der Waals surface area contributed by atoms with Gasteiger partial charge in [0.15, 0.2) is 0 Å². The summed E-state index contributed by atoms with van der Waals surface area (Å²) in [4.78, 5) is -0.887. The smallest absolute Gasteiger partial charge is 0.208 e. The number of sulfonamides is 1. The normalized spacial score (nSPS) is 23.9. The molecule has 0 atom stereocenters. The van der Waals surface area contributed by atoms with Gasteiger partial charge in [-0.15, -0.1) is 3.89 Å². The average Bonchev–Trinajstić information content (AvgIpc) is 2.40. The minimum atomic E-state index is -4.92. The van der Waals surface area contributed by atoms with E-state index in [4.69, 9.17) is 0 Å². The first-order valence-electron chi connectivity index (χ1n) is 6.75. The van der Waals surface area contributed by atoms with Crippen LogP contribution in [-0.4, -0.2) is 22.9 Å². The number of nitrogens with one attached hydrogen (secondary N) is 1. The molecule has 0 radical (unpaired) electrons. The van der Waals surface area contributed by atoms with Crippen molar-refractivity contribution in [2.75, 3.05) is 0 Å². The summed E-state index contributed by atoms with van der Waals surface area (Å²) >= 11 is 0. The molecule has 1 aromatic rings. The molecule has 1 aliphatic carbocycles. The molecule has 118 valence electrons. The van der Waals surface area contributed by atoms with Crippen LogP contribution in [0.2, 0.25) is 0 Å². The van der Waals surface area contributed by atoms with Crippen LogP contribution in [0, 0.1) is 5.92 Å². The maximum Gasteiger partial charge on any atom is 0.332 e. The van der Waals surface area contributed by atoms with Crippen molar-refractivity contribution < 1.29 is 20.7 Å². The molecule has 0 amide bonds. The summed E-state index contributed by atoms with van der Waals surface area (Å²) in [6.45, 7) is 2.13. The lowest BCUT2D eigenvalue weighted by Crippen LogP contribution is -2.37. The molecule has 0 spiro atoms. The van der Waals surface area contributed by atoms with Crippen LogP contribution in [-0.2, 0) is 20.2 Å². The minimum Gasteiger partial charge on any atom is -0.208 e. The van der Waals surface area contributed by atoms with Gasteiger partial charge >= 0.3 is 10.2 Å². The topological polar surface area (TPSA) is 80.3 Å². The van der Waals surface area contributed by atoms with E-state index in [0.717, 1.165) is 37.8 Å². The van der Waals surface area contributed by atoms with Crippen molar-refractivity contribution >= 4 is 20.2 Å². The highest BCUT2D eigenvalue weighted by Gasteiger charge is 2.25. The fourth-order valence-corrected chi connectivity index (χ4v) is 4.39. The summed E-state index contributed by atoms with van der Waals surface area (Å²) in [5.41, 5.74) is 0. The highest BCUT2D eigenvalue weighted by molar-refractivity contribution is 7.89. The summed E-state index contributed by atoms with van der Waals surface area (Å²) in [6.07, 6.45) is 3.40. The summed E-state index contributed by atoms with van der Waals surface area (Å²) < 4.78 is 61.7. The van der Waals surface area contributed by atoms with E-state index in [1.54, 1.807) is 0 Å². The van der Waals surface area contributed by atoms with Crippen LogP contribution in [0.5, 0.6) is 0 Å². The lowest BCUT2D eigenvalue weighted by Gasteiger charge is -2.26. The Morgan fingerprint density at radius 1 is 1.05 bits per heavy atom. The zero-order valence-corrected chi connectivity index (χ0v) is 13.3. The van der Waals surface area contributed by atoms with E-state index in [1.165, 1.54) is 12.1 Å². The van der Waals surface area contributed by atoms with Gasteiger partial charge in [0.25, 0.3) is 0 Å². The molecular formula is C13H18FNO4S2. The van der Waals surface area contributed by atoms with Gasteiger partial charge in [0, 0.05) is 6.04 Å². The molecule has 0 saturated heterocycles. The Morgan fingerprint density at radius 3 is 2.19 bits per heavy atom. The Labute approximate surface area is 124 Å². The van der Waals surface area contributed by atoms with E-state index in [1.807, 2.05) is 0 Å². The predicted octanol–water partition coefficient (Wildman–Crippen LogP) is 2.20. The van der Waals surface area contributed by atoms with Crippen molar-refractivity contribution in [3.05, 3.63) is 24.3 Å². The minimum absolute atomic E-state index is 0.156. The lowest BCUT2D eigenvalue weighted by molar-refractivity contribution is 0.332. The van der Waals surface area contributed by atoms with E-state index in [9.17, 15) is 20.7 Å². The standard InChI is InChI=1S/C13H18FNO4S2/c1-10-5-7-11(8-6-10)15-21(18,19)13-4-2-3-12(9-13)20(14,16)17/h2-4,9-11,15H,5-8H2,1H3. The maximum atomic E-state index is 12.9. The fourth-order valence-electron chi connectivity index (χ4n) is 2.46. The first kappa shape index (κ1) is 16.4. The third kappa shape index (κ3) is 4.24. The van der Waals surface area contributed by atoms with Crippen LogP contribution < -0.4 is 4.72 Å². The molecule has 5 nitrogen and oxygen atoms in total. The van der Waals surface area contributed by atoms with Crippen molar-refractivity contribution in [1.29, 1.82) is 0 Å². The Hall–Kier alpha value is -0.990. The highest BCUT2D eigenvalue weighted by atomic mass is 32.3. The van der Waals surface area contributed by atoms with Gasteiger partial charge in [-0.2, -0.15) is 8.42 Å². The summed E-state index contributed by atoms with van der Waals surface area (Å²) in [5, 5.41) is 0. The second kappa shape index (κ2) is 6.02. The summed E-state index contributed by atoms with van der Waals surface area (Å²) in [7, 11) is -8.76. The van der Waals surface area contributed by atoms with E-state index >= 15 is 0 Å². The van der Waals surface area contributed by atoms with Crippen molar-refractivity contribution in [1.82, 2.24) is 4.72 Å². The van der Waals surface area contributed by atoms with Crippen molar-refractivity contribution in [2.24, 2.45) is 5.92 Å². The molecule has 1 aliphatic rings. The Morgan fingerprint density at radius 2 is 1.62 bits per heavy atom. The Kier molecular flexibility index (Phi) is 4.69. The molecule has 0 aliphatic heterocycles. The second-order valence-corrected chi connectivity index (χ2v) is 8.55. The molecule has 1 saturated carbocycles. The number of halogens is 1. The average molecular weight is 335 g/mol. The van der Waals surface area contributed by atoms with Gasteiger partial charge in [-0.05, 0) is 49.8 Å². The zero-order valence-electron chi connectivity index (χ0n) is 11.6. The molecule has 8 heteroatoms. The van der Waals surface area contributed by atoms with Gasteiger partial charge in [-0.25, -0.2) is 13.1 Å². The maximum absolute atomic E-state index is 12.9. The fraction of sp³-hybridized carbons (Fsp3) is 0.538. The third-order valence-corrected chi connectivity index (χ3v) is 6.07. The largest absolute Gasteiger partial charge is 0.332 e. The van der Waals surface area contributed by atoms with Crippen LogP contribution in [0.25, 0.3) is 0 Å². The molecule has 1 N–H and O–H groups in total. The molecule has 1 aromatic carbocycles. The van der Waals surface area contributed by atoms with Crippen LogP contribution in [0.1, 0.15) is 32.6 Å². The molecule has 0 aromatic heterocycles. The van der Waals surface area contributed by atoms with E-state index in [0.29, 0.717) is 5.92 Å². The van der Waals surface area contributed by atoms with Crippen LogP contribution in [0.3, 0.4) is 0 Å². The van der Waals surface area contributed by atoms with Gasteiger partial charge in [0.1, 0.15) is 0 Å². The van der Waals surface area contributed by atoms with Gasteiger partial charge in [0.05, 0.1) is 9.79 Å². The van der Waals surface area contributed by atoms with Gasteiger partial charge in [-0.3, -0.25) is 0 Å². The highest BCUT2D eigenvalue weighted by Crippen LogP contribution is 2.25. The van der Waals surface area contributed by atoms with Crippen LogP contribution in [0.4, 0.5) is 3.89 Å². The first-order valence-corrected chi connectivity index (χ1v) is 9.62. The third-order valence-electron chi connectivity index (χ3n) is 3.74. The van der Waals surface area contributed by atoms with E-state index < -0.39 is 25.1 Å². The van der Waals surface area contributed by atoms with Gasteiger partial charge < -0.3 is 0 Å². The molecule has 2 rings (SSSR count). The van der Waals surface area contributed by atoms with Crippen molar-refractivity contribution in [2.45, 2.75) is 48.4 Å². The van der Waals surface area contributed by atoms with Crippen molar-refractivity contribution in [3.8, 4) is 0 Å². The van der Waals surface area contributed by atoms with E-state index in [-0.39, 0.29) is 10.9 Å². The molecule has 0 bridgehead atoms. The monoisotopic (exact) mass is 335 g/mol. The molecule has 21 heavy (non-hydrogen) atoms. The summed E-state index contributed by atoms with van der Waals surface area (Å²) in [5.74, 6) is 0.589. The number of hydrogen-bond donors (Lipinski definition) is 1. The van der Waals surface area contributed by atoms with Gasteiger partial charge in [-0.1, -0.05) is 13.0 Å².